The number of hydrogen-bond acceptors (Lipinski definition) is 7. The molecule has 0 spiro atoms. The minimum Gasteiger partial charge on any atom is -0.450 e. The standard InChI is InChI=1S/C28H28F3I2N7O3/c1-3-43-26(41)38-12-6-11-21(38)27(42,22-24(32)39(36-34-22)15-18-8-4-7-17(2)13-18)23-25(33)40(37-35-23)16-19-9-5-10-20(14-19)28(29,30)31/h4-5,7-10,13-14,21,42H,3,6,11-12,15-16H2,1-2H3/t21-,27?/m0/s1. The third-order valence-corrected chi connectivity index (χ3v) is 9.45. The van der Waals surface area contributed by atoms with Crippen molar-refractivity contribution in [3.8, 4) is 0 Å². The molecule has 15 heteroatoms. The van der Waals surface area contributed by atoms with Gasteiger partial charge in [0.25, 0.3) is 0 Å². The molecule has 4 aromatic rings. The van der Waals surface area contributed by atoms with Gasteiger partial charge in [-0.25, -0.2) is 14.2 Å². The van der Waals surface area contributed by atoms with E-state index in [2.05, 4.69) is 43.2 Å². The number of halogens is 5. The quantitative estimate of drug-likeness (QED) is 0.239. The van der Waals surface area contributed by atoms with Crippen molar-refractivity contribution >= 4 is 51.3 Å². The van der Waals surface area contributed by atoms with E-state index >= 15 is 0 Å². The number of rotatable bonds is 8. The number of nitrogens with zero attached hydrogens (tertiary/aromatic N) is 7. The number of ether oxygens (including phenoxy) is 1. The van der Waals surface area contributed by atoms with Gasteiger partial charge in [0.05, 0.1) is 31.3 Å². The molecule has 228 valence electrons. The first-order valence-electron chi connectivity index (χ1n) is 13.5. The van der Waals surface area contributed by atoms with Gasteiger partial charge in [0.1, 0.15) is 18.8 Å². The highest BCUT2D eigenvalue weighted by atomic mass is 127. The first kappa shape index (κ1) is 31.6. The van der Waals surface area contributed by atoms with Gasteiger partial charge in [-0.2, -0.15) is 13.2 Å². The Balaban J connectivity index is 1.58. The Hall–Kier alpha value is -2.80. The Morgan fingerprint density at radius 2 is 1.58 bits per heavy atom. The van der Waals surface area contributed by atoms with E-state index in [9.17, 15) is 23.1 Å². The van der Waals surface area contributed by atoms with Crippen LogP contribution in [0.5, 0.6) is 0 Å². The second kappa shape index (κ2) is 12.7. The largest absolute Gasteiger partial charge is 0.450 e. The van der Waals surface area contributed by atoms with E-state index in [-0.39, 0.29) is 24.5 Å². The second-order valence-corrected chi connectivity index (χ2v) is 12.3. The van der Waals surface area contributed by atoms with E-state index in [4.69, 9.17) is 4.74 Å². The molecule has 3 heterocycles. The Labute approximate surface area is 272 Å². The lowest BCUT2D eigenvalue weighted by Gasteiger charge is -2.36. The first-order valence-corrected chi connectivity index (χ1v) is 15.7. The number of alkyl halides is 3. The normalized spacial score (nSPS) is 16.8. The predicted octanol–water partition coefficient (Wildman–Crippen LogP) is 5.36. The van der Waals surface area contributed by atoms with Crippen LogP contribution < -0.4 is 0 Å². The lowest BCUT2D eigenvalue weighted by molar-refractivity contribution is -0.137. The molecule has 1 aliphatic rings. The van der Waals surface area contributed by atoms with Crippen LogP contribution in [0.2, 0.25) is 0 Å². The third kappa shape index (κ3) is 6.38. The fourth-order valence-corrected chi connectivity index (χ4v) is 6.90. The van der Waals surface area contributed by atoms with Crippen LogP contribution in [0.1, 0.15) is 53.4 Å². The number of aliphatic hydroxyl groups is 1. The van der Waals surface area contributed by atoms with E-state index < -0.39 is 29.5 Å². The van der Waals surface area contributed by atoms with Crippen molar-refractivity contribution in [3.05, 3.63) is 89.6 Å². The summed E-state index contributed by atoms with van der Waals surface area (Å²) < 4.78 is 49.3. The van der Waals surface area contributed by atoms with Crippen LogP contribution in [-0.4, -0.2) is 65.3 Å². The number of aryl methyl sites for hydroxylation is 1. The van der Waals surface area contributed by atoms with Gasteiger partial charge in [-0.15, -0.1) is 10.2 Å². The third-order valence-electron chi connectivity index (χ3n) is 7.31. The van der Waals surface area contributed by atoms with Gasteiger partial charge in [-0.1, -0.05) is 52.4 Å². The summed E-state index contributed by atoms with van der Waals surface area (Å²) in [4.78, 5) is 14.5. The van der Waals surface area contributed by atoms with E-state index in [1.54, 1.807) is 17.7 Å². The van der Waals surface area contributed by atoms with Gasteiger partial charge >= 0.3 is 12.3 Å². The number of likely N-dealkylation sites (tertiary alicyclic amines) is 1. The average molecular weight is 821 g/mol. The highest BCUT2D eigenvalue weighted by molar-refractivity contribution is 14.1. The molecular weight excluding hydrogens is 793 g/mol. The lowest BCUT2D eigenvalue weighted by Crippen LogP contribution is -2.52. The highest BCUT2D eigenvalue weighted by Crippen LogP contribution is 2.42. The molecule has 1 aliphatic heterocycles. The molecule has 2 aromatic heterocycles. The Morgan fingerprint density at radius 3 is 2.14 bits per heavy atom. The number of benzene rings is 2. The summed E-state index contributed by atoms with van der Waals surface area (Å²) in [7, 11) is 0. The topological polar surface area (TPSA) is 111 Å². The molecular formula is C28H28F3I2N7O3. The Morgan fingerprint density at radius 1 is 1.00 bits per heavy atom. The molecule has 0 aliphatic carbocycles. The Bertz CT molecular complexity index is 1630. The summed E-state index contributed by atoms with van der Waals surface area (Å²) in [6.07, 6.45) is -4.03. The van der Waals surface area contributed by atoms with Crippen molar-refractivity contribution in [3.63, 3.8) is 0 Å². The predicted molar refractivity (Wildman–Crippen MR) is 166 cm³/mol. The summed E-state index contributed by atoms with van der Waals surface area (Å²) in [6.45, 7) is 4.60. The zero-order chi connectivity index (χ0) is 30.9. The molecule has 43 heavy (non-hydrogen) atoms. The SMILES string of the molecule is CCOC(=O)N1CCC[C@H]1C(O)(c1nnn(Cc2cccc(C)c2)c1I)c1nnn(Cc2cccc(C(F)(F)F)c2)c1I. The summed E-state index contributed by atoms with van der Waals surface area (Å²) in [5, 5.41) is 30.0. The second-order valence-electron chi connectivity index (χ2n) is 10.3. The van der Waals surface area contributed by atoms with Gasteiger partial charge in [-0.05, 0) is 95.1 Å². The molecule has 1 unspecified atom stereocenters. The molecule has 10 nitrogen and oxygen atoms in total. The van der Waals surface area contributed by atoms with Crippen molar-refractivity contribution in [1.82, 2.24) is 34.9 Å². The van der Waals surface area contributed by atoms with Crippen molar-refractivity contribution in [2.24, 2.45) is 0 Å². The minimum absolute atomic E-state index is 0.0192. The highest BCUT2D eigenvalue weighted by Gasteiger charge is 2.53. The van der Waals surface area contributed by atoms with Gasteiger partial charge < -0.3 is 14.7 Å². The van der Waals surface area contributed by atoms with Crippen LogP contribution in [0.3, 0.4) is 0 Å². The van der Waals surface area contributed by atoms with Crippen LogP contribution in [0, 0.1) is 14.3 Å². The lowest BCUT2D eigenvalue weighted by atomic mass is 9.86. The molecule has 0 saturated carbocycles. The van der Waals surface area contributed by atoms with Gasteiger partial charge in [0.2, 0.25) is 0 Å². The summed E-state index contributed by atoms with van der Waals surface area (Å²) in [6, 6.07) is 12.1. The zero-order valence-corrected chi connectivity index (χ0v) is 27.5. The molecule has 0 bridgehead atoms. The van der Waals surface area contributed by atoms with Crippen LogP contribution in [-0.2, 0) is 29.6 Å². The first-order chi connectivity index (χ1) is 20.4. The van der Waals surface area contributed by atoms with Gasteiger partial charge in [0.15, 0.2) is 5.60 Å². The number of hydrogen-bond donors (Lipinski definition) is 1. The molecule has 1 amide bonds. The van der Waals surface area contributed by atoms with Crippen molar-refractivity contribution in [2.45, 2.75) is 57.6 Å². The van der Waals surface area contributed by atoms with Crippen molar-refractivity contribution in [2.75, 3.05) is 13.2 Å². The Kier molecular flexibility index (Phi) is 9.31. The summed E-state index contributed by atoms with van der Waals surface area (Å²) >= 11 is 4.05. The molecule has 0 radical (unpaired) electrons. The average Bonchev–Trinajstić information content (AvgIpc) is 3.69. The molecule has 2 atom stereocenters. The van der Waals surface area contributed by atoms with Crippen LogP contribution in [0.15, 0.2) is 48.5 Å². The zero-order valence-electron chi connectivity index (χ0n) is 23.2. The van der Waals surface area contributed by atoms with E-state index in [0.717, 1.165) is 23.3 Å². The van der Waals surface area contributed by atoms with E-state index in [1.165, 1.54) is 15.6 Å². The van der Waals surface area contributed by atoms with E-state index in [0.29, 0.717) is 38.9 Å². The molecule has 1 fully saturated rings. The maximum Gasteiger partial charge on any atom is 0.416 e. The van der Waals surface area contributed by atoms with Gasteiger partial charge in [-0.3, -0.25) is 0 Å². The number of carbonyl (C=O) groups is 1. The number of carbonyl (C=O) groups excluding carboxylic acids is 1. The molecule has 1 N–H and O–H groups in total. The fourth-order valence-electron chi connectivity index (χ4n) is 5.33. The minimum atomic E-state index is -4.49. The smallest absolute Gasteiger partial charge is 0.416 e. The summed E-state index contributed by atoms with van der Waals surface area (Å²) in [5.74, 6) is 0. The molecule has 2 aromatic carbocycles. The number of aromatic nitrogens is 6. The fraction of sp³-hybridized carbons (Fsp3) is 0.393. The maximum atomic E-state index is 13.3. The number of amides is 1. The monoisotopic (exact) mass is 821 g/mol. The van der Waals surface area contributed by atoms with Crippen molar-refractivity contribution < 1.29 is 27.8 Å². The summed E-state index contributed by atoms with van der Waals surface area (Å²) in [5.41, 5.74) is 0.0504. The van der Waals surface area contributed by atoms with Gasteiger partial charge in [0, 0.05) is 6.54 Å². The van der Waals surface area contributed by atoms with Crippen LogP contribution in [0.4, 0.5) is 18.0 Å². The molecule has 5 rings (SSSR count). The van der Waals surface area contributed by atoms with Crippen molar-refractivity contribution in [1.29, 1.82) is 0 Å². The maximum absolute atomic E-state index is 13.3. The molecule has 1 saturated heterocycles. The van der Waals surface area contributed by atoms with E-state index in [1.807, 2.05) is 53.8 Å². The van der Waals surface area contributed by atoms with Crippen LogP contribution >= 0.6 is 45.2 Å². The van der Waals surface area contributed by atoms with Crippen LogP contribution in [0.25, 0.3) is 0 Å².